The number of benzene rings is 1. The van der Waals surface area contributed by atoms with E-state index in [0.29, 0.717) is 4.47 Å². The molecule has 8 heteroatoms. The molecule has 0 fully saturated rings. The second kappa shape index (κ2) is 7.07. The lowest BCUT2D eigenvalue weighted by Crippen LogP contribution is -2.45. The molecule has 0 heterocycles. The van der Waals surface area contributed by atoms with E-state index in [1.54, 1.807) is 19.9 Å². The third kappa shape index (κ3) is 4.75. The molecule has 0 spiro atoms. The number of carbonyl (C=O) groups is 3. The highest BCUT2D eigenvalue weighted by Crippen LogP contribution is 2.20. The maximum absolute atomic E-state index is 12.1. The predicted molar refractivity (Wildman–Crippen MR) is 80.3 cm³/mol. The third-order valence-electron chi connectivity index (χ3n) is 2.58. The van der Waals surface area contributed by atoms with Gasteiger partial charge >= 0.3 is 12.0 Å². The Hall–Kier alpha value is -2.09. The van der Waals surface area contributed by atoms with Crippen LogP contribution in [-0.4, -0.2) is 24.0 Å². The first-order valence-electron chi connectivity index (χ1n) is 6.08. The van der Waals surface area contributed by atoms with Gasteiger partial charge in [0.1, 0.15) is 0 Å². The number of urea groups is 1. The number of nitrogens with one attached hydrogen (secondary N) is 1. The van der Waals surface area contributed by atoms with Gasteiger partial charge in [-0.15, -0.1) is 0 Å². The van der Waals surface area contributed by atoms with Crippen LogP contribution in [0.1, 0.15) is 24.2 Å². The molecule has 0 saturated heterocycles. The summed E-state index contributed by atoms with van der Waals surface area (Å²) >= 11 is 3.22. The molecule has 1 aromatic carbocycles. The molecule has 0 saturated carbocycles. The number of primary amides is 1. The Balaban J connectivity index is 2.93. The quantitative estimate of drug-likeness (QED) is 0.554. The van der Waals surface area contributed by atoms with E-state index >= 15 is 0 Å². The molecule has 1 aromatic rings. The Labute approximate surface area is 130 Å². The van der Waals surface area contributed by atoms with Crippen molar-refractivity contribution < 1.29 is 19.1 Å². The highest BCUT2D eigenvalue weighted by Gasteiger charge is 2.28. The van der Waals surface area contributed by atoms with Crippen molar-refractivity contribution in [3.63, 3.8) is 0 Å². The van der Waals surface area contributed by atoms with E-state index in [2.05, 4.69) is 15.9 Å². The van der Waals surface area contributed by atoms with E-state index in [9.17, 15) is 14.4 Å². The minimum Gasteiger partial charge on any atom is -0.448 e. The highest BCUT2D eigenvalue weighted by molar-refractivity contribution is 9.10. The van der Waals surface area contributed by atoms with Crippen LogP contribution in [0.15, 0.2) is 22.7 Å². The zero-order chi connectivity index (χ0) is 16.2. The number of nitrogens with two attached hydrogens (primary N) is 2. The summed E-state index contributed by atoms with van der Waals surface area (Å²) in [6.07, 6.45) is -1.15. The lowest BCUT2D eigenvalue weighted by atomic mass is 10.1. The Morgan fingerprint density at radius 3 is 2.43 bits per heavy atom. The molecule has 5 N–H and O–H groups in total. The fourth-order valence-electron chi connectivity index (χ4n) is 1.57. The highest BCUT2D eigenvalue weighted by atomic mass is 79.9. The van der Waals surface area contributed by atoms with E-state index in [0.717, 1.165) is 0 Å². The van der Waals surface area contributed by atoms with Crippen molar-refractivity contribution in [2.45, 2.75) is 20.0 Å². The molecule has 7 nitrogen and oxygen atoms in total. The van der Waals surface area contributed by atoms with Crippen LogP contribution < -0.4 is 16.8 Å². The largest absolute Gasteiger partial charge is 0.448 e. The molecule has 0 aliphatic rings. The summed E-state index contributed by atoms with van der Waals surface area (Å²) in [5.41, 5.74) is 10.9. The predicted octanol–water partition coefficient (Wildman–Crippen LogP) is 1.41. The Kier molecular flexibility index (Phi) is 5.71. The number of halogens is 1. The van der Waals surface area contributed by atoms with Gasteiger partial charge in [-0.1, -0.05) is 29.8 Å². The molecule has 114 valence electrons. The van der Waals surface area contributed by atoms with E-state index in [1.165, 1.54) is 12.1 Å². The SMILES string of the molecule is CC(C)[C@H](OC(=O)c1cc(Br)ccc1N)C(=O)NC(N)=O. The van der Waals surface area contributed by atoms with Gasteiger partial charge < -0.3 is 16.2 Å². The maximum Gasteiger partial charge on any atom is 0.341 e. The normalized spacial score (nSPS) is 11.8. The van der Waals surface area contributed by atoms with E-state index in [1.807, 2.05) is 5.32 Å². The van der Waals surface area contributed by atoms with Gasteiger partial charge in [0.25, 0.3) is 5.91 Å². The van der Waals surface area contributed by atoms with Crippen LogP contribution in [0, 0.1) is 5.92 Å². The molecule has 0 radical (unpaired) electrons. The summed E-state index contributed by atoms with van der Waals surface area (Å²) in [5.74, 6) is -1.88. The van der Waals surface area contributed by atoms with Crippen molar-refractivity contribution in [2.75, 3.05) is 5.73 Å². The van der Waals surface area contributed by atoms with Gasteiger partial charge in [-0.05, 0) is 24.1 Å². The van der Waals surface area contributed by atoms with Gasteiger partial charge in [0, 0.05) is 10.2 Å². The zero-order valence-electron chi connectivity index (χ0n) is 11.6. The first-order chi connectivity index (χ1) is 9.72. The first kappa shape index (κ1) is 17.0. The summed E-state index contributed by atoms with van der Waals surface area (Å²) in [4.78, 5) is 34.6. The van der Waals surface area contributed by atoms with Crippen molar-refractivity contribution >= 4 is 39.5 Å². The molecular formula is C13H16BrN3O4. The van der Waals surface area contributed by atoms with Gasteiger partial charge in [-0.2, -0.15) is 0 Å². The minimum atomic E-state index is -1.15. The lowest BCUT2D eigenvalue weighted by molar-refractivity contribution is -0.130. The molecule has 0 aliphatic heterocycles. The molecule has 0 aromatic heterocycles. The molecule has 0 aliphatic carbocycles. The van der Waals surface area contributed by atoms with Crippen molar-refractivity contribution in [2.24, 2.45) is 11.7 Å². The molecule has 1 rings (SSSR count). The second-order valence-corrected chi connectivity index (χ2v) is 5.57. The summed E-state index contributed by atoms with van der Waals surface area (Å²) in [7, 11) is 0. The Bertz CT molecular complexity index is 575. The number of anilines is 1. The molecular weight excluding hydrogens is 342 g/mol. The van der Waals surface area contributed by atoms with Gasteiger partial charge in [0.05, 0.1) is 5.56 Å². The van der Waals surface area contributed by atoms with Gasteiger partial charge in [0.15, 0.2) is 6.10 Å². The van der Waals surface area contributed by atoms with Crippen LogP contribution in [0.25, 0.3) is 0 Å². The fraction of sp³-hybridized carbons (Fsp3) is 0.308. The zero-order valence-corrected chi connectivity index (χ0v) is 13.1. The van der Waals surface area contributed by atoms with Crippen LogP contribution in [0.5, 0.6) is 0 Å². The van der Waals surface area contributed by atoms with E-state index in [-0.39, 0.29) is 17.2 Å². The van der Waals surface area contributed by atoms with Crippen molar-refractivity contribution in [1.82, 2.24) is 5.32 Å². The number of nitrogen functional groups attached to an aromatic ring is 1. The number of esters is 1. The van der Waals surface area contributed by atoms with Crippen LogP contribution >= 0.6 is 15.9 Å². The monoisotopic (exact) mass is 357 g/mol. The third-order valence-corrected chi connectivity index (χ3v) is 3.07. The summed E-state index contributed by atoms with van der Waals surface area (Å²) in [6, 6.07) is 3.69. The number of rotatable bonds is 4. The van der Waals surface area contributed by atoms with Crippen molar-refractivity contribution in [3.05, 3.63) is 28.2 Å². The molecule has 21 heavy (non-hydrogen) atoms. The molecule has 0 bridgehead atoms. The van der Waals surface area contributed by atoms with Gasteiger partial charge in [0.2, 0.25) is 0 Å². The van der Waals surface area contributed by atoms with Crippen molar-refractivity contribution in [3.8, 4) is 0 Å². The summed E-state index contributed by atoms with van der Waals surface area (Å²) in [5, 5.41) is 1.89. The standard InChI is InChI=1S/C13H16BrN3O4/c1-6(2)10(11(18)17-13(16)20)21-12(19)8-5-7(14)3-4-9(8)15/h3-6,10H,15H2,1-2H3,(H3,16,17,18,20)/t10-/m0/s1. The number of hydrogen-bond donors (Lipinski definition) is 3. The first-order valence-corrected chi connectivity index (χ1v) is 6.88. The summed E-state index contributed by atoms with van der Waals surface area (Å²) < 4.78 is 5.78. The van der Waals surface area contributed by atoms with Gasteiger partial charge in [-0.3, -0.25) is 10.1 Å². The maximum atomic E-state index is 12.1. The number of hydrogen-bond acceptors (Lipinski definition) is 5. The topological polar surface area (TPSA) is 125 Å². The number of amides is 3. The number of imide groups is 1. The molecule has 0 unspecified atom stereocenters. The van der Waals surface area contributed by atoms with Crippen LogP contribution in [0.3, 0.4) is 0 Å². The Morgan fingerprint density at radius 1 is 1.29 bits per heavy atom. The molecule has 1 atom stereocenters. The minimum absolute atomic E-state index is 0.127. The van der Waals surface area contributed by atoms with E-state index < -0.39 is 24.0 Å². The molecule has 3 amide bonds. The van der Waals surface area contributed by atoms with Gasteiger partial charge in [-0.25, -0.2) is 9.59 Å². The smallest absolute Gasteiger partial charge is 0.341 e. The number of carbonyl (C=O) groups excluding carboxylic acids is 3. The van der Waals surface area contributed by atoms with Crippen LogP contribution in [-0.2, 0) is 9.53 Å². The summed E-state index contributed by atoms with van der Waals surface area (Å²) in [6.45, 7) is 3.34. The average Bonchev–Trinajstić information content (AvgIpc) is 2.37. The van der Waals surface area contributed by atoms with Crippen molar-refractivity contribution in [1.29, 1.82) is 0 Å². The van der Waals surface area contributed by atoms with Crippen LogP contribution in [0.4, 0.5) is 10.5 Å². The van der Waals surface area contributed by atoms with E-state index in [4.69, 9.17) is 16.2 Å². The average molecular weight is 358 g/mol. The van der Waals surface area contributed by atoms with Crippen LogP contribution in [0.2, 0.25) is 0 Å². The number of ether oxygens (including phenoxy) is 1. The lowest BCUT2D eigenvalue weighted by Gasteiger charge is -2.20. The Morgan fingerprint density at radius 2 is 1.90 bits per heavy atom. The fourth-order valence-corrected chi connectivity index (χ4v) is 1.93. The second-order valence-electron chi connectivity index (χ2n) is 4.66.